The van der Waals surface area contributed by atoms with E-state index in [1.54, 1.807) is 6.21 Å². The lowest BCUT2D eigenvalue weighted by molar-refractivity contribution is 0.215. The minimum atomic E-state index is 0.495. The van der Waals surface area contributed by atoms with Crippen molar-refractivity contribution < 1.29 is 14.3 Å². The molecule has 4 heteroatoms. The van der Waals surface area contributed by atoms with E-state index in [1.165, 1.54) is 7.11 Å². The molecule has 25 heavy (non-hydrogen) atoms. The smallest absolute Gasteiger partial charge is 0.125 e. The Bertz CT molecular complexity index is 728. The van der Waals surface area contributed by atoms with Crippen LogP contribution in [0, 0.1) is 13.8 Å². The topological polar surface area (TPSA) is 40.0 Å². The number of ether oxygens (including phenoxy) is 2. The maximum absolute atomic E-state index is 6.05. The molecule has 0 heterocycles. The van der Waals surface area contributed by atoms with Gasteiger partial charge in [-0.2, -0.15) is 0 Å². The standard InChI is InChI=1S/C21H25NO3/c1-5-6-10-24-20-11-16(2)21(17(3)12-20)25-15-19-9-7-8-18(13-19)14-22-23-4/h5-9,11-14H,10,15H2,1-4H3/b6-5+,22-14?. The van der Waals surface area contributed by atoms with Gasteiger partial charge in [0, 0.05) is 0 Å². The normalized spacial score (nSPS) is 11.2. The van der Waals surface area contributed by atoms with Gasteiger partial charge in [0.1, 0.15) is 31.8 Å². The maximum atomic E-state index is 6.05. The summed E-state index contributed by atoms with van der Waals surface area (Å²) in [4.78, 5) is 4.71. The van der Waals surface area contributed by atoms with Gasteiger partial charge in [0.15, 0.2) is 0 Å². The maximum Gasteiger partial charge on any atom is 0.125 e. The van der Waals surface area contributed by atoms with E-state index in [1.807, 2.05) is 69.3 Å². The van der Waals surface area contributed by atoms with Crippen LogP contribution in [0.1, 0.15) is 29.2 Å². The first-order valence-corrected chi connectivity index (χ1v) is 8.27. The number of oxime groups is 1. The van der Waals surface area contributed by atoms with Crippen LogP contribution in [0.15, 0.2) is 53.7 Å². The summed E-state index contributed by atoms with van der Waals surface area (Å²) in [5.41, 5.74) is 4.18. The number of nitrogens with zero attached hydrogens (tertiary/aromatic N) is 1. The molecule has 2 aromatic rings. The van der Waals surface area contributed by atoms with Crippen LogP contribution >= 0.6 is 0 Å². The fraction of sp³-hybridized carbons (Fsp3) is 0.286. The second-order valence-corrected chi connectivity index (χ2v) is 5.72. The Labute approximate surface area is 149 Å². The van der Waals surface area contributed by atoms with Gasteiger partial charge in [0.2, 0.25) is 0 Å². The Balaban J connectivity index is 2.06. The van der Waals surface area contributed by atoms with Crippen LogP contribution in [0.25, 0.3) is 0 Å². The molecule has 0 bridgehead atoms. The summed E-state index contributed by atoms with van der Waals surface area (Å²) in [6, 6.07) is 12.0. The molecule has 0 fully saturated rings. The second-order valence-electron chi connectivity index (χ2n) is 5.72. The van der Waals surface area contributed by atoms with Gasteiger partial charge in [0.25, 0.3) is 0 Å². The number of rotatable bonds is 8. The number of allylic oxidation sites excluding steroid dienone is 1. The van der Waals surface area contributed by atoms with Gasteiger partial charge in [-0.25, -0.2) is 0 Å². The van der Waals surface area contributed by atoms with Crippen molar-refractivity contribution in [1.82, 2.24) is 0 Å². The van der Waals surface area contributed by atoms with E-state index in [4.69, 9.17) is 14.3 Å². The molecule has 0 radical (unpaired) electrons. The minimum Gasteiger partial charge on any atom is -0.490 e. The molecule has 0 aliphatic rings. The van der Waals surface area contributed by atoms with Crippen LogP contribution in [0.5, 0.6) is 11.5 Å². The second kappa shape index (κ2) is 9.52. The van der Waals surface area contributed by atoms with E-state index in [0.717, 1.165) is 33.8 Å². The molecule has 0 aliphatic heterocycles. The number of hydrogen-bond donors (Lipinski definition) is 0. The first-order valence-electron chi connectivity index (χ1n) is 8.27. The summed E-state index contributed by atoms with van der Waals surface area (Å²) in [7, 11) is 1.53. The molecule has 0 amide bonds. The molecular weight excluding hydrogens is 314 g/mol. The average molecular weight is 339 g/mol. The van der Waals surface area contributed by atoms with Crippen LogP contribution in [-0.4, -0.2) is 19.9 Å². The zero-order valence-corrected chi connectivity index (χ0v) is 15.3. The van der Waals surface area contributed by atoms with Crippen molar-refractivity contribution in [2.75, 3.05) is 13.7 Å². The lowest BCUT2D eigenvalue weighted by atomic mass is 10.1. The summed E-state index contributed by atoms with van der Waals surface area (Å²) < 4.78 is 11.8. The summed E-state index contributed by atoms with van der Waals surface area (Å²) in [5, 5.41) is 3.79. The molecule has 0 spiro atoms. The van der Waals surface area contributed by atoms with Crippen molar-refractivity contribution in [1.29, 1.82) is 0 Å². The summed E-state index contributed by atoms with van der Waals surface area (Å²) in [6.45, 7) is 7.12. The van der Waals surface area contributed by atoms with E-state index < -0.39 is 0 Å². The summed E-state index contributed by atoms with van der Waals surface area (Å²) >= 11 is 0. The van der Waals surface area contributed by atoms with Crippen molar-refractivity contribution >= 4 is 6.21 Å². The largest absolute Gasteiger partial charge is 0.490 e. The van der Waals surface area contributed by atoms with Crippen LogP contribution < -0.4 is 9.47 Å². The van der Waals surface area contributed by atoms with E-state index >= 15 is 0 Å². The number of aryl methyl sites for hydroxylation is 2. The van der Waals surface area contributed by atoms with Crippen LogP contribution in [0.2, 0.25) is 0 Å². The fourth-order valence-electron chi connectivity index (χ4n) is 2.49. The van der Waals surface area contributed by atoms with Crippen LogP contribution in [0.3, 0.4) is 0 Å². The molecule has 132 valence electrons. The highest BCUT2D eigenvalue weighted by Crippen LogP contribution is 2.29. The molecule has 0 saturated carbocycles. The third kappa shape index (κ3) is 5.68. The molecule has 0 aliphatic carbocycles. The molecule has 4 nitrogen and oxygen atoms in total. The quantitative estimate of drug-likeness (QED) is 0.393. The lowest BCUT2D eigenvalue weighted by Gasteiger charge is -2.14. The molecule has 0 unspecified atom stereocenters. The Hall–Kier alpha value is -2.75. The molecular formula is C21H25NO3. The van der Waals surface area contributed by atoms with Crippen LogP contribution in [0.4, 0.5) is 0 Å². The predicted molar refractivity (Wildman–Crippen MR) is 102 cm³/mol. The SMILES string of the molecule is C/C=C/COc1cc(C)c(OCc2cccc(C=NOC)c2)c(C)c1. The van der Waals surface area contributed by atoms with E-state index in [2.05, 4.69) is 5.16 Å². The number of benzene rings is 2. The van der Waals surface area contributed by atoms with Gasteiger partial charge in [-0.05, 0) is 61.2 Å². The first kappa shape index (κ1) is 18.6. The highest BCUT2D eigenvalue weighted by molar-refractivity contribution is 5.79. The highest BCUT2D eigenvalue weighted by Gasteiger charge is 2.08. The lowest BCUT2D eigenvalue weighted by Crippen LogP contribution is -2.01. The Morgan fingerprint density at radius 1 is 1.04 bits per heavy atom. The Morgan fingerprint density at radius 3 is 2.48 bits per heavy atom. The van der Waals surface area contributed by atoms with Gasteiger partial charge in [-0.15, -0.1) is 0 Å². The monoisotopic (exact) mass is 339 g/mol. The van der Waals surface area contributed by atoms with Crippen molar-refractivity contribution in [3.05, 3.63) is 70.8 Å². The molecule has 2 aromatic carbocycles. The van der Waals surface area contributed by atoms with E-state index in [9.17, 15) is 0 Å². The first-order chi connectivity index (χ1) is 12.1. The Kier molecular flexibility index (Phi) is 7.08. The molecule has 0 N–H and O–H groups in total. The van der Waals surface area contributed by atoms with Crippen molar-refractivity contribution in [3.63, 3.8) is 0 Å². The molecule has 2 rings (SSSR count). The van der Waals surface area contributed by atoms with Gasteiger partial charge in [-0.1, -0.05) is 35.5 Å². The van der Waals surface area contributed by atoms with Gasteiger partial charge in [0.05, 0.1) is 6.21 Å². The van der Waals surface area contributed by atoms with Gasteiger partial charge in [-0.3, -0.25) is 0 Å². The van der Waals surface area contributed by atoms with Crippen molar-refractivity contribution in [2.24, 2.45) is 5.16 Å². The summed E-state index contributed by atoms with van der Waals surface area (Å²) in [5.74, 6) is 1.76. The fourth-order valence-corrected chi connectivity index (χ4v) is 2.49. The highest BCUT2D eigenvalue weighted by atomic mass is 16.6. The van der Waals surface area contributed by atoms with E-state index in [0.29, 0.717) is 13.2 Å². The van der Waals surface area contributed by atoms with Crippen molar-refractivity contribution in [2.45, 2.75) is 27.4 Å². The van der Waals surface area contributed by atoms with Crippen LogP contribution in [-0.2, 0) is 11.4 Å². The van der Waals surface area contributed by atoms with Gasteiger partial charge < -0.3 is 14.3 Å². The van der Waals surface area contributed by atoms with E-state index in [-0.39, 0.29) is 0 Å². The number of hydrogen-bond acceptors (Lipinski definition) is 4. The molecule has 0 atom stereocenters. The third-order valence-electron chi connectivity index (χ3n) is 3.66. The zero-order valence-electron chi connectivity index (χ0n) is 15.3. The zero-order chi connectivity index (χ0) is 18.1. The molecule has 0 saturated heterocycles. The summed E-state index contributed by atoms with van der Waals surface area (Å²) in [6.07, 6.45) is 5.63. The third-order valence-corrected chi connectivity index (χ3v) is 3.66. The van der Waals surface area contributed by atoms with Crippen molar-refractivity contribution in [3.8, 4) is 11.5 Å². The average Bonchev–Trinajstić information content (AvgIpc) is 2.60. The predicted octanol–water partition coefficient (Wildman–Crippen LogP) is 4.82. The Morgan fingerprint density at radius 2 is 1.80 bits per heavy atom. The van der Waals surface area contributed by atoms with Gasteiger partial charge >= 0.3 is 0 Å². The minimum absolute atomic E-state index is 0.495. The molecule has 0 aromatic heterocycles.